The standard InChI is InChI=1S/C40H40ClN2.C7H8O3S/c1-39(2)34(42(5)32-22-18-26-12-7-9-16-30(26)36(32)39)24-20-28-14-11-15-29(38(28)41)21-25-35-40(3,4)37-31-17-10-8-13-27(31)19-23-33(37)43(35)6;1-6-2-4-7(5-3-6)11(8,9)10/h7-10,12-13,16-25H,11,14-15H2,1-6H3;2-5H,1H3,(H,8,9,10)/q+1;/p-1. The number of likely N-dealkylation sites (N-methyl/N-ethyl adjacent to an activating group) is 1. The number of halogens is 1. The Morgan fingerprint density at radius 3 is 2.02 bits per heavy atom. The largest absolute Gasteiger partial charge is 0.744 e. The SMILES string of the molecule is CN1C(=CC=C2CCCC(C=CC3=[N+](C)c4ccc5ccccc5c4C3(C)C)=C2Cl)C(C)(C)c2c1ccc1ccccc21.Cc1ccc(S(=O)(=O)[O-])cc1. The normalized spacial score (nSPS) is 19.2. The molecule has 276 valence electrons. The third kappa shape index (κ3) is 6.65. The molecule has 0 N–H and O–H groups in total. The summed E-state index contributed by atoms with van der Waals surface area (Å²) in [6.45, 7) is 11.2. The fraction of sp³-hybridized carbons (Fsp3) is 0.255. The lowest BCUT2D eigenvalue weighted by molar-refractivity contribution is -0.401. The highest BCUT2D eigenvalue weighted by atomic mass is 35.5. The summed E-state index contributed by atoms with van der Waals surface area (Å²) in [6.07, 6.45) is 12.3. The van der Waals surface area contributed by atoms with Crippen molar-refractivity contribution < 1.29 is 17.5 Å². The third-order valence-electron chi connectivity index (χ3n) is 11.4. The van der Waals surface area contributed by atoms with Crippen LogP contribution in [0.1, 0.15) is 63.6 Å². The van der Waals surface area contributed by atoms with Gasteiger partial charge >= 0.3 is 0 Å². The van der Waals surface area contributed by atoms with Crippen molar-refractivity contribution in [3.8, 4) is 0 Å². The topological polar surface area (TPSA) is 63.5 Å². The second-order valence-electron chi connectivity index (χ2n) is 15.7. The van der Waals surface area contributed by atoms with Crippen LogP contribution in [0.4, 0.5) is 11.4 Å². The summed E-state index contributed by atoms with van der Waals surface area (Å²) >= 11 is 7.16. The van der Waals surface area contributed by atoms with Gasteiger partial charge < -0.3 is 9.45 Å². The number of anilines is 1. The molecule has 2 aliphatic heterocycles. The zero-order valence-electron chi connectivity index (χ0n) is 32.1. The maximum Gasteiger partial charge on any atom is 0.210 e. The fourth-order valence-electron chi connectivity index (χ4n) is 8.66. The van der Waals surface area contributed by atoms with Crippen LogP contribution in [0.15, 0.2) is 148 Å². The van der Waals surface area contributed by atoms with Crippen molar-refractivity contribution in [2.24, 2.45) is 0 Å². The number of nitrogens with zero attached hydrogens (tertiary/aromatic N) is 2. The van der Waals surface area contributed by atoms with Gasteiger partial charge in [0.05, 0.1) is 10.3 Å². The molecule has 0 radical (unpaired) electrons. The highest BCUT2D eigenvalue weighted by molar-refractivity contribution is 7.85. The Kier molecular flexibility index (Phi) is 9.84. The van der Waals surface area contributed by atoms with Crippen LogP contribution in [0.2, 0.25) is 0 Å². The molecule has 0 atom stereocenters. The first-order valence-corrected chi connectivity index (χ1v) is 20.3. The molecule has 3 aliphatic rings. The molecule has 1 aliphatic carbocycles. The van der Waals surface area contributed by atoms with Gasteiger partial charge in [0.25, 0.3) is 0 Å². The Labute approximate surface area is 325 Å². The van der Waals surface area contributed by atoms with E-state index in [1.54, 1.807) is 12.1 Å². The lowest BCUT2D eigenvalue weighted by Gasteiger charge is -2.25. The Morgan fingerprint density at radius 1 is 0.759 bits per heavy atom. The highest BCUT2D eigenvalue weighted by Crippen LogP contribution is 2.50. The van der Waals surface area contributed by atoms with Crippen LogP contribution in [-0.4, -0.2) is 37.4 Å². The molecular weight excluding hydrogens is 708 g/mol. The minimum absolute atomic E-state index is 0.107. The van der Waals surface area contributed by atoms with E-state index in [2.05, 4.69) is 148 Å². The molecule has 54 heavy (non-hydrogen) atoms. The first-order chi connectivity index (χ1) is 25.6. The number of benzene rings is 5. The van der Waals surface area contributed by atoms with Crippen LogP contribution in [0.5, 0.6) is 0 Å². The predicted molar refractivity (Wildman–Crippen MR) is 224 cm³/mol. The second kappa shape index (κ2) is 14.2. The monoisotopic (exact) mass is 754 g/mol. The van der Waals surface area contributed by atoms with Crippen molar-refractivity contribution in [3.63, 3.8) is 0 Å². The molecule has 5 aromatic rings. The summed E-state index contributed by atoms with van der Waals surface area (Å²) in [6, 6.07) is 32.3. The Morgan fingerprint density at radius 2 is 1.37 bits per heavy atom. The minimum atomic E-state index is -4.27. The summed E-state index contributed by atoms with van der Waals surface area (Å²) < 4.78 is 33.5. The zero-order valence-corrected chi connectivity index (χ0v) is 33.6. The zero-order chi connectivity index (χ0) is 38.6. The van der Waals surface area contributed by atoms with Crippen molar-refractivity contribution in [2.45, 2.75) is 69.6 Å². The van der Waals surface area contributed by atoms with Crippen LogP contribution in [0.3, 0.4) is 0 Å². The van der Waals surface area contributed by atoms with Crippen molar-refractivity contribution in [1.82, 2.24) is 0 Å². The van der Waals surface area contributed by atoms with Crippen LogP contribution in [0.25, 0.3) is 21.5 Å². The van der Waals surface area contributed by atoms with E-state index >= 15 is 0 Å². The first kappa shape index (κ1) is 37.6. The van der Waals surface area contributed by atoms with E-state index in [1.165, 1.54) is 78.7 Å². The van der Waals surface area contributed by atoms with E-state index < -0.39 is 10.1 Å². The van der Waals surface area contributed by atoms with Gasteiger partial charge in [-0.2, -0.15) is 4.58 Å². The number of fused-ring (bicyclic) bond motifs is 6. The summed E-state index contributed by atoms with van der Waals surface area (Å²) in [5.74, 6) is 0. The lowest BCUT2D eigenvalue weighted by atomic mass is 9.79. The van der Waals surface area contributed by atoms with Gasteiger partial charge in [0.2, 0.25) is 5.69 Å². The van der Waals surface area contributed by atoms with E-state index in [0.29, 0.717) is 0 Å². The summed E-state index contributed by atoms with van der Waals surface area (Å²) in [5.41, 5.74) is 11.1. The average molecular weight is 755 g/mol. The third-order valence-corrected chi connectivity index (χ3v) is 12.8. The van der Waals surface area contributed by atoms with Gasteiger partial charge in [-0.3, -0.25) is 0 Å². The summed E-state index contributed by atoms with van der Waals surface area (Å²) in [7, 11) is 0.114. The van der Waals surface area contributed by atoms with Crippen molar-refractivity contribution in [3.05, 3.63) is 160 Å². The van der Waals surface area contributed by atoms with E-state index in [0.717, 1.165) is 29.9 Å². The van der Waals surface area contributed by atoms with E-state index in [9.17, 15) is 13.0 Å². The van der Waals surface area contributed by atoms with Gasteiger partial charge in [-0.05, 0) is 109 Å². The molecule has 0 bridgehead atoms. The predicted octanol–water partition coefficient (Wildman–Crippen LogP) is 11.4. The molecule has 5 aromatic carbocycles. The molecule has 2 heterocycles. The smallest absolute Gasteiger partial charge is 0.210 e. The number of hydrogen-bond donors (Lipinski definition) is 0. The van der Waals surface area contributed by atoms with Crippen LogP contribution >= 0.6 is 11.6 Å². The second-order valence-corrected chi connectivity index (χ2v) is 17.4. The van der Waals surface area contributed by atoms with Gasteiger partial charge in [0.1, 0.15) is 17.2 Å². The van der Waals surface area contributed by atoms with Crippen LogP contribution < -0.4 is 4.90 Å². The quantitative estimate of drug-likeness (QED) is 0.135. The summed E-state index contributed by atoms with van der Waals surface area (Å²) in [5, 5.41) is 6.17. The van der Waals surface area contributed by atoms with E-state index in [1.807, 2.05) is 6.92 Å². The van der Waals surface area contributed by atoms with Gasteiger partial charge in [-0.25, -0.2) is 8.42 Å². The number of rotatable bonds is 4. The molecule has 0 saturated heterocycles. The van der Waals surface area contributed by atoms with Crippen LogP contribution in [-0.2, 0) is 20.9 Å². The Bertz CT molecular complexity index is 2590. The molecule has 0 aromatic heterocycles. The maximum absolute atomic E-state index is 10.4. The minimum Gasteiger partial charge on any atom is -0.744 e. The fourth-order valence-corrected chi connectivity index (χ4v) is 9.44. The average Bonchev–Trinajstić information content (AvgIpc) is 3.47. The van der Waals surface area contributed by atoms with Gasteiger partial charge in [-0.1, -0.05) is 110 Å². The van der Waals surface area contributed by atoms with Crippen molar-refractivity contribution >= 4 is 60.4 Å². The Balaban J connectivity index is 0.000000353. The van der Waals surface area contributed by atoms with Crippen molar-refractivity contribution in [1.29, 1.82) is 0 Å². The van der Waals surface area contributed by atoms with E-state index in [4.69, 9.17) is 11.6 Å². The van der Waals surface area contributed by atoms with Gasteiger partial charge in [-0.15, -0.1) is 0 Å². The molecule has 0 fully saturated rings. The maximum atomic E-state index is 10.4. The number of aryl methyl sites for hydroxylation is 1. The van der Waals surface area contributed by atoms with Gasteiger partial charge in [0, 0.05) is 46.6 Å². The summed E-state index contributed by atoms with van der Waals surface area (Å²) in [4.78, 5) is 2.18. The van der Waals surface area contributed by atoms with Crippen LogP contribution in [0, 0.1) is 6.92 Å². The molecule has 0 unspecified atom stereocenters. The molecule has 5 nitrogen and oxygen atoms in total. The first-order valence-electron chi connectivity index (χ1n) is 18.5. The molecule has 0 saturated carbocycles. The van der Waals surface area contributed by atoms with Crippen molar-refractivity contribution in [2.75, 3.05) is 19.0 Å². The molecule has 0 amide bonds. The lowest BCUT2D eigenvalue weighted by Crippen LogP contribution is -2.27. The molecular formula is C47H47ClN2O3S. The van der Waals surface area contributed by atoms with E-state index in [-0.39, 0.29) is 15.7 Å². The molecule has 0 spiro atoms. The number of allylic oxidation sites excluding steroid dienone is 8. The highest BCUT2D eigenvalue weighted by Gasteiger charge is 2.44. The van der Waals surface area contributed by atoms with Gasteiger partial charge in [0.15, 0.2) is 5.71 Å². The Hall–Kier alpha value is -4.75. The molecule has 7 heteroatoms. The molecule has 8 rings (SSSR count). The number of hydrogen-bond acceptors (Lipinski definition) is 4.